The van der Waals surface area contributed by atoms with Gasteiger partial charge in [0, 0.05) is 19.3 Å². The fourth-order valence-corrected chi connectivity index (χ4v) is 8.49. The number of hydrogen-bond acceptors (Lipinski definition) is 6. The topological polar surface area (TPSA) is 78.9 Å². The van der Waals surface area contributed by atoms with Crippen LogP contribution in [0.15, 0.2) is 0 Å². The Morgan fingerprint density at radius 2 is 0.613 bits per heavy atom. The summed E-state index contributed by atoms with van der Waals surface area (Å²) in [4.78, 5) is 38.0. The Hall–Kier alpha value is -1.59. The van der Waals surface area contributed by atoms with Crippen molar-refractivity contribution in [3.05, 3.63) is 0 Å². The monoisotopic (exact) mass is 877 g/mol. The van der Waals surface area contributed by atoms with Gasteiger partial charge in [0.2, 0.25) is 0 Å². The van der Waals surface area contributed by atoms with Crippen molar-refractivity contribution in [2.45, 2.75) is 317 Å². The molecule has 1 unspecified atom stereocenters. The molecule has 0 rings (SSSR count). The van der Waals surface area contributed by atoms with Gasteiger partial charge in [-0.2, -0.15) is 0 Å². The van der Waals surface area contributed by atoms with Crippen molar-refractivity contribution in [3.8, 4) is 0 Å². The predicted octanol–water partition coefficient (Wildman–Crippen LogP) is 18.1. The molecule has 0 aromatic carbocycles. The van der Waals surface area contributed by atoms with E-state index < -0.39 is 6.10 Å². The lowest BCUT2D eigenvalue weighted by atomic mass is 9.99. The molecule has 0 aliphatic heterocycles. The first-order valence-electron chi connectivity index (χ1n) is 27.8. The van der Waals surface area contributed by atoms with Crippen molar-refractivity contribution in [1.29, 1.82) is 0 Å². The molecule has 0 heterocycles. The first kappa shape index (κ1) is 60.4. The van der Waals surface area contributed by atoms with Crippen LogP contribution in [0.2, 0.25) is 0 Å². The van der Waals surface area contributed by atoms with Crippen LogP contribution in [0.1, 0.15) is 311 Å². The molecule has 0 spiro atoms. The van der Waals surface area contributed by atoms with Gasteiger partial charge in [0.15, 0.2) is 6.10 Å². The number of unbranched alkanes of at least 4 members (excludes halogenated alkanes) is 34. The molecule has 62 heavy (non-hydrogen) atoms. The molecule has 0 bridgehead atoms. The maximum atomic E-state index is 12.8. The van der Waals surface area contributed by atoms with E-state index in [9.17, 15) is 14.4 Å². The second kappa shape index (κ2) is 48.9. The van der Waals surface area contributed by atoms with Crippen LogP contribution in [-0.2, 0) is 28.6 Å². The van der Waals surface area contributed by atoms with Crippen LogP contribution in [0.4, 0.5) is 0 Å². The van der Waals surface area contributed by atoms with Crippen LogP contribution in [-0.4, -0.2) is 37.2 Å². The summed E-state index contributed by atoms with van der Waals surface area (Å²) in [5.74, 6) is 0.830. The smallest absolute Gasteiger partial charge is 0.306 e. The van der Waals surface area contributed by atoms with Crippen molar-refractivity contribution in [2.75, 3.05) is 13.2 Å². The number of hydrogen-bond donors (Lipinski definition) is 0. The van der Waals surface area contributed by atoms with Gasteiger partial charge in [-0.3, -0.25) is 14.4 Å². The van der Waals surface area contributed by atoms with Crippen molar-refractivity contribution < 1.29 is 28.6 Å². The zero-order valence-corrected chi connectivity index (χ0v) is 42.5. The van der Waals surface area contributed by atoms with E-state index in [1.807, 2.05) is 0 Å². The highest BCUT2D eigenvalue weighted by molar-refractivity contribution is 5.71. The molecule has 0 saturated heterocycles. The number of esters is 3. The molecule has 6 heteroatoms. The summed E-state index contributed by atoms with van der Waals surface area (Å²) >= 11 is 0. The summed E-state index contributed by atoms with van der Waals surface area (Å²) in [6, 6.07) is 0. The van der Waals surface area contributed by atoms with Crippen LogP contribution in [0, 0.1) is 11.8 Å². The Labute approximate surface area is 387 Å². The lowest BCUT2D eigenvalue weighted by Gasteiger charge is -2.18. The Bertz CT molecular complexity index is 949. The van der Waals surface area contributed by atoms with E-state index in [-0.39, 0.29) is 31.1 Å². The molecule has 0 aromatic heterocycles. The summed E-state index contributed by atoms with van der Waals surface area (Å²) in [6.45, 7) is 11.4. The molecular formula is C56H108O6. The molecule has 2 atom stereocenters. The third kappa shape index (κ3) is 47.9. The largest absolute Gasteiger partial charge is 0.462 e. The van der Waals surface area contributed by atoms with Crippen LogP contribution in [0.25, 0.3) is 0 Å². The van der Waals surface area contributed by atoms with Crippen molar-refractivity contribution in [3.63, 3.8) is 0 Å². The van der Waals surface area contributed by atoms with Gasteiger partial charge in [-0.1, -0.05) is 272 Å². The van der Waals surface area contributed by atoms with Crippen molar-refractivity contribution in [1.82, 2.24) is 0 Å². The van der Waals surface area contributed by atoms with Gasteiger partial charge in [-0.15, -0.1) is 0 Å². The highest BCUT2D eigenvalue weighted by atomic mass is 16.6. The minimum Gasteiger partial charge on any atom is -0.462 e. The summed E-state index contributed by atoms with van der Waals surface area (Å²) < 4.78 is 16.9. The molecule has 0 aliphatic rings. The fraction of sp³-hybridized carbons (Fsp3) is 0.946. The lowest BCUT2D eigenvalue weighted by molar-refractivity contribution is -0.167. The van der Waals surface area contributed by atoms with Crippen molar-refractivity contribution in [2.24, 2.45) is 11.8 Å². The Morgan fingerprint density at radius 1 is 0.339 bits per heavy atom. The standard InChI is InChI=1S/C56H108O6/c1-6-8-9-10-11-12-13-14-15-16-17-18-19-20-26-31-36-41-46-54(57)60-49-53(62-56(59)48-43-38-33-28-23-24-29-34-39-44-51(3)4)50-61-55(58)47-42-37-32-27-22-21-25-30-35-40-45-52(5)7-2/h51-53H,6-50H2,1-5H3/t52?,53-/m0/s1. The average molecular weight is 877 g/mol. The maximum Gasteiger partial charge on any atom is 0.306 e. The highest BCUT2D eigenvalue weighted by Gasteiger charge is 2.19. The van der Waals surface area contributed by atoms with Gasteiger partial charge < -0.3 is 14.2 Å². The van der Waals surface area contributed by atoms with Crippen LogP contribution in [0.5, 0.6) is 0 Å². The summed E-state index contributed by atoms with van der Waals surface area (Å²) in [6.07, 6.45) is 50.9. The zero-order valence-electron chi connectivity index (χ0n) is 42.5. The van der Waals surface area contributed by atoms with Gasteiger partial charge in [0.25, 0.3) is 0 Å². The zero-order chi connectivity index (χ0) is 45.4. The van der Waals surface area contributed by atoms with Crippen molar-refractivity contribution >= 4 is 17.9 Å². The Morgan fingerprint density at radius 3 is 0.919 bits per heavy atom. The quantitative estimate of drug-likeness (QED) is 0.0344. The summed E-state index contributed by atoms with van der Waals surface area (Å²) in [7, 11) is 0. The fourth-order valence-electron chi connectivity index (χ4n) is 8.49. The van der Waals surface area contributed by atoms with Gasteiger partial charge in [0.1, 0.15) is 13.2 Å². The van der Waals surface area contributed by atoms with Crippen LogP contribution < -0.4 is 0 Å². The van der Waals surface area contributed by atoms with Crippen LogP contribution >= 0.6 is 0 Å². The molecule has 0 aromatic rings. The van der Waals surface area contributed by atoms with Gasteiger partial charge >= 0.3 is 17.9 Å². The van der Waals surface area contributed by atoms with E-state index in [2.05, 4.69) is 34.6 Å². The van der Waals surface area contributed by atoms with Gasteiger partial charge in [-0.25, -0.2) is 0 Å². The van der Waals surface area contributed by atoms with Gasteiger partial charge in [0.05, 0.1) is 0 Å². The molecule has 0 N–H and O–H groups in total. The minimum atomic E-state index is -0.763. The maximum absolute atomic E-state index is 12.8. The second-order valence-corrected chi connectivity index (χ2v) is 19.9. The lowest BCUT2D eigenvalue weighted by Crippen LogP contribution is -2.30. The first-order valence-corrected chi connectivity index (χ1v) is 27.8. The van der Waals surface area contributed by atoms with E-state index in [0.717, 1.165) is 69.6 Å². The molecule has 0 radical (unpaired) electrons. The molecule has 0 fully saturated rings. The molecule has 0 amide bonds. The summed E-state index contributed by atoms with van der Waals surface area (Å²) in [5.41, 5.74) is 0. The Kier molecular flexibility index (Phi) is 47.6. The normalized spacial score (nSPS) is 12.5. The minimum absolute atomic E-state index is 0.0636. The van der Waals surface area contributed by atoms with Gasteiger partial charge in [-0.05, 0) is 31.1 Å². The number of ether oxygens (including phenoxy) is 3. The number of carbonyl (C=O) groups excluding carboxylic acids is 3. The predicted molar refractivity (Wildman–Crippen MR) is 266 cm³/mol. The average Bonchev–Trinajstić information content (AvgIpc) is 3.26. The second-order valence-electron chi connectivity index (χ2n) is 19.9. The first-order chi connectivity index (χ1) is 30.3. The Balaban J connectivity index is 4.28. The molecule has 0 saturated carbocycles. The molecule has 6 nitrogen and oxygen atoms in total. The summed E-state index contributed by atoms with van der Waals surface area (Å²) in [5, 5.41) is 0. The van der Waals surface area contributed by atoms with E-state index in [1.165, 1.54) is 199 Å². The van der Waals surface area contributed by atoms with E-state index in [4.69, 9.17) is 14.2 Å². The number of rotatable bonds is 50. The third-order valence-electron chi connectivity index (χ3n) is 13.1. The van der Waals surface area contributed by atoms with Crippen LogP contribution in [0.3, 0.4) is 0 Å². The number of carbonyl (C=O) groups is 3. The highest BCUT2D eigenvalue weighted by Crippen LogP contribution is 2.18. The van der Waals surface area contributed by atoms with E-state index in [1.54, 1.807) is 0 Å². The SMILES string of the molecule is CCCCCCCCCCCCCCCCCCCCC(=O)OC[C@@H](COC(=O)CCCCCCCCCCCCC(C)CC)OC(=O)CCCCCCCCCCCC(C)C. The third-order valence-corrected chi connectivity index (χ3v) is 13.1. The molecular weight excluding hydrogens is 769 g/mol. The van der Waals surface area contributed by atoms with E-state index >= 15 is 0 Å². The van der Waals surface area contributed by atoms with E-state index in [0.29, 0.717) is 19.3 Å². The molecule has 368 valence electrons. The molecule has 0 aliphatic carbocycles.